The molecule has 5 nitrogen and oxygen atoms in total. The Hall–Kier alpha value is -2.30. The first kappa shape index (κ1) is 13.7. The number of hydrogen-bond acceptors (Lipinski definition) is 5. The second kappa shape index (κ2) is 5.60. The Morgan fingerprint density at radius 3 is 2.71 bits per heavy atom. The van der Waals surface area contributed by atoms with Gasteiger partial charge in [0.1, 0.15) is 12.4 Å². The molecule has 0 fully saturated rings. The molecule has 3 rings (SSSR count). The molecular weight excluding hydrogens is 266 g/mol. The van der Waals surface area contributed by atoms with E-state index in [1.54, 1.807) is 0 Å². The standard InChI is InChI=1S/C16H19N3O2/c1-4-11-10(2)15(17-3)19-16(18-11)14-9-20-12-7-5-6-8-13(12)21-14/h5-8,14H,4,9H2,1-3H3,(H,17,18,19). The molecule has 0 bridgehead atoms. The van der Waals surface area contributed by atoms with E-state index in [9.17, 15) is 0 Å². The van der Waals surface area contributed by atoms with Crippen LogP contribution in [0.3, 0.4) is 0 Å². The summed E-state index contributed by atoms with van der Waals surface area (Å²) in [5, 5.41) is 3.12. The van der Waals surface area contributed by atoms with Crippen LogP contribution in [0.25, 0.3) is 0 Å². The van der Waals surface area contributed by atoms with E-state index in [4.69, 9.17) is 9.47 Å². The molecule has 0 spiro atoms. The van der Waals surface area contributed by atoms with Crippen molar-refractivity contribution >= 4 is 5.82 Å². The Labute approximate surface area is 124 Å². The summed E-state index contributed by atoms with van der Waals surface area (Å²) in [6.45, 7) is 4.54. The number of nitrogens with zero attached hydrogens (tertiary/aromatic N) is 2. The first-order valence-corrected chi connectivity index (χ1v) is 7.16. The highest BCUT2D eigenvalue weighted by Gasteiger charge is 2.26. The maximum absolute atomic E-state index is 5.98. The maximum Gasteiger partial charge on any atom is 0.192 e. The number of anilines is 1. The molecule has 21 heavy (non-hydrogen) atoms. The summed E-state index contributed by atoms with van der Waals surface area (Å²) < 4.78 is 11.7. The van der Waals surface area contributed by atoms with Crippen LogP contribution in [0.5, 0.6) is 11.5 Å². The van der Waals surface area contributed by atoms with E-state index in [0.717, 1.165) is 35.0 Å². The predicted molar refractivity (Wildman–Crippen MR) is 81.0 cm³/mol. The largest absolute Gasteiger partial charge is 0.485 e. The van der Waals surface area contributed by atoms with Gasteiger partial charge in [-0.25, -0.2) is 9.97 Å². The van der Waals surface area contributed by atoms with Gasteiger partial charge in [0.05, 0.1) is 0 Å². The third kappa shape index (κ3) is 2.51. The Bertz CT molecular complexity index is 633. The Kier molecular flexibility index (Phi) is 3.64. The smallest absolute Gasteiger partial charge is 0.192 e. The molecule has 1 aromatic heterocycles. The van der Waals surface area contributed by atoms with E-state index in [1.807, 2.05) is 38.2 Å². The minimum atomic E-state index is -0.280. The Balaban J connectivity index is 1.95. The van der Waals surface area contributed by atoms with E-state index in [2.05, 4.69) is 22.2 Å². The van der Waals surface area contributed by atoms with Crippen molar-refractivity contribution in [3.63, 3.8) is 0 Å². The predicted octanol–water partition coefficient (Wildman–Crippen LogP) is 2.90. The number of nitrogens with one attached hydrogen (secondary N) is 1. The molecule has 0 radical (unpaired) electrons. The van der Waals surface area contributed by atoms with Crippen LogP contribution in [0.4, 0.5) is 5.82 Å². The van der Waals surface area contributed by atoms with E-state index in [-0.39, 0.29) is 6.10 Å². The zero-order chi connectivity index (χ0) is 14.8. The van der Waals surface area contributed by atoms with Crippen molar-refractivity contribution in [3.05, 3.63) is 41.3 Å². The molecule has 1 N–H and O–H groups in total. The average Bonchev–Trinajstić information content (AvgIpc) is 2.54. The van der Waals surface area contributed by atoms with E-state index >= 15 is 0 Å². The van der Waals surface area contributed by atoms with Crippen molar-refractivity contribution in [3.8, 4) is 11.5 Å². The first-order chi connectivity index (χ1) is 10.2. The van der Waals surface area contributed by atoms with Gasteiger partial charge in [-0.3, -0.25) is 0 Å². The number of para-hydroxylation sites is 2. The normalized spacial score (nSPS) is 16.6. The van der Waals surface area contributed by atoms with Crippen LogP contribution < -0.4 is 14.8 Å². The summed E-state index contributed by atoms with van der Waals surface area (Å²) in [5.74, 6) is 3.02. The van der Waals surface area contributed by atoms with Gasteiger partial charge in [-0.15, -0.1) is 0 Å². The molecule has 0 amide bonds. The summed E-state index contributed by atoms with van der Waals surface area (Å²) in [6.07, 6.45) is 0.582. The molecule has 1 aliphatic heterocycles. The van der Waals surface area contributed by atoms with Gasteiger partial charge in [-0.2, -0.15) is 0 Å². The summed E-state index contributed by atoms with van der Waals surface area (Å²) in [4.78, 5) is 9.21. The highest BCUT2D eigenvalue weighted by atomic mass is 16.6. The molecule has 0 aliphatic carbocycles. The molecule has 2 aromatic rings. The molecule has 1 unspecified atom stereocenters. The molecule has 5 heteroatoms. The van der Waals surface area contributed by atoms with Crippen LogP contribution in [0, 0.1) is 6.92 Å². The van der Waals surface area contributed by atoms with Crippen molar-refractivity contribution in [2.75, 3.05) is 19.0 Å². The highest BCUT2D eigenvalue weighted by Crippen LogP contribution is 2.35. The molecular formula is C16H19N3O2. The highest BCUT2D eigenvalue weighted by molar-refractivity contribution is 5.46. The lowest BCUT2D eigenvalue weighted by Crippen LogP contribution is -2.24. The third-order valence-corrected chi connectivity index (χ3v) is 3.63. The SMILES string of the molecule is CCc1nc(C2COc3ccccc3O2)nc(NC)c1C. The zero-order valence-corrected chi connectivity index (χ0v) is 12.5. The van der Waals surface area contributed by atoms with Crippen molar-refractivity contribution in [2.24, 2.45) is 0 Å². The van der Waals surface area contributed by atoms with Gasteiger partial charge >= 0.3 is 0 Å². The Morgan fingerprint density at radius 1 is 1.24 bits per heavy atom. The van der Waals surface area contributed by atoms with Crippen LogP contribution in [0.15, 0.2) is 24.3 Å². The van der Waals surface area contributed by atoms with Crippen LogP contribution in [-0.4, -0.2) is 23.6 Å². The van der Waals surface area contributed by atoms with Crippen molar-refractivity contribution in [2.45, 2.75) is 26.4 Å². The van der Waals surface area contributed by atoms with Gasteiger partial charge in [0.2, 0.25) is 0 Å². The van der Waals surface area contributed by atoms with Crippen LogP contribution >= 0.6 is 0 Å². The quantitative estimate of drug-likeness (QED) is 0.939. The maximum atomic E-state index is 5.98. The van der Waals surface area contributed by atoms with Gasteiger partial charge in [0.15, 0.2) is 23.4 Å². The van der Waals surface area contributed by atoms with Crippen LogP contribution in [0.2, 0.25) is 0 Å². The fourth-order valence-electron chi connectivity index (χ4n) is 2.46. The molecule has 110 valence electrons. The summed E-state index contributed by atoms with van der Waals surface area (Å²) in [5.41, 5.74) is 2.12. The fourth-order valence-corrected chi connectivity index (χ4v) is 2.46. The lowest BCUT2D eigenvalue weighted by atomic mass is 10.1. The van der Waals surface area contributed by atoms with E-state index < -0.39 is 0 Å². The lowest BCUT2D eigenvalue weighted by Gasteiger charge is -2.26. The number of benzene rings is 1. The monoisotopic (exact) mass is 285 g/mol. The number of aromatic nitrogens is 2. The van der Waals surface area contributed by atoms with Crippen molar-refractivity contribution in [1.29, 1.82) is 0 Å². The van der Waals surface area contributed by atoms with Gasteiger partial charge in [0.25, 0.3) is 0 Å². The van der Waals surface area contributed by atoms with E-state index in [0.29, 0.717) is 12.4 Å². The van der Waals surface area contributed by atoms with E-state index in [1.165, 1.54) is 0 Å². The third-order valence-electron chi connectivity index (χ3n) is 3.63. The van der Waals surface area contributed by atoms with Crippen LogP contribution in [0.1, 0.15) is 30.1 Å². The molecule has 0 saturated carbocycles. The van der Waals surface area contributed by atoms with Crippen molar-refractivity contribution in [1.82, 2.24) is 9.97 Å². The molecule has 2 heterocycles. The van der Waals surface area contributed by atoms with Gasteiger partial charge < -0.3 is 14.8 Å². The number of fused-ring (bicyclic) bond motifs is 1. The molecule has 1 atom stereocenters. The average molecular weight is 285 g/mol. The Morgan fingerprint density at radius 2 is 2.00 bits per heavy atom. The molecule has 1 aliphatic rings. The summed E-state index contributed by atoms with van der Waals surface area (Å²) in [6, 6.07) is 7.66. The van der Waals surface area contributed by atoms with Gasteiger partial charge in [-0.1, -0.05) is 19.1 Å². The zero-order valence-electron chi connectivity index (χ0n) is 12.5. The summed E-state index contributed by atoms with van der Waals surface area (Å²) >= 11 is 0. The number of rotatable bonds is 3. The van der Waals surface area contributed by atoms with Crippen molar-refractivity contribution < 1.29 is 9.47 Å². The topological polar surface area (TPSA) is 56.3 Å². The second-order valence-corrected chi connectivity index (χ2v) is 4.97. The number of ether oxygens (including phenoxy) is 2. The first-order valence-electron chi connectivity index (χ1n) is 7.16. The summed E-state index contributed by atoms with van der Waals surface area (Å²) in [7, 11) is 1.87. The van der Waals surface area contributed by atoms with Crippen LogP contribution in [-0.2, 0) is 6.42 Å². The number of aryl methyl sites for hydroxylation is 1. The lowest BCUT2D eigenvalue weighted by molar-refractivity contribution is 0.0850. The molecule has 0 saturated heterocycles. The van der Waals surface area contributed by atoms with Gasteiger partial charge in [-0.05, 0) is 25.5 Å². The minimum Gasteiger partial charge on any atom is -0.485 e. The minimum absolute atomic E-state index is 0.280. The number of hydrogen-bond donors (Lipinski definition) is 1. The molecule has 1 aromatic carbocycles. The van der Waals surface area contributed by atoms with Gasteiger partial charge in [0, 0.05) is 18.3 Å². The second-order valence-electron chi connectivity index (χ2n) is 4.97. The fraction of sp³-hybridized carbons (Fsp3) is 0.375.